The Balaban J connectivity index is 2.00. The summed E-state index contributed by atoms with van der Waals surface area (Å²) in [4.78, 5) is 26.1. The van der Waals surface area contributed by atoms with Crippen LogP contribution in [0.2, 0.25) is 0 Å². The molecule has 7 heteroatoms. The first-order chi connectivity index (χ1) is 12.9. The standard InChI is InChI=1S/C20H23NO5S/c1-14(20(23)24)27-18-11-7-4-8-15(18)19(22)21(2)12-13-26-17-10-6-5-9-16(17)25-3/h4-11,14H,12-13H2,1-3H3,(H,23,24). The molecule has 0 aromatic heterocycles. The van der Waals surface area contributed by atoms with Crippen molar-refractivity contribution in [1.82, 2.24) is 4.90 Å². The summed E-state index contributed by atoms with van der Waals surface area (Å²) in [6.07, 6.45) is 0. The van der Waals surface area contributed by atoms with Crippen molar-refractivity contribution in [3.05, 3.63) is 54.1 Å². The smallest absolute Gasteiger partial charge is 0.316 e. The first kappa shape index (κ1) is 20.6. The van der Waals surface area contributed by atoms with Gasteiger partial charge in [-0.2, -0.15) is 0 Å². The molecule has 0 bridgehead atoms. The molecule has 0 fully saturated rings. The number of hydrogen-bond acceptors (Lipinski definition) is 5. The fourth-order valence-electron chi connectivity index (χ4n) is 2.32. The molecule has 144 valence electrons. The summed E-state index contributed by atoms with van der Waals surface area (Å²) < 4.78 is 10.9. The highest BCUT2D eigenvalue weighted by molar-refractivity contribution is 8.00. The van der Waals surface area contributed by atoms with Crippen LogP contribution in [0.4, 0.5) is 0 Å². The predicted octanol–water partition coefficient (Wildman–Crippen LogP) is 3.41. The van der Waals surface area contributed by atoms with Gasteiger partial charge in [-0.1, -0.05) is 24.3 Å². The molecule has 27 heavy (non-hydrogen) atoms. The van der Waals surface area contributed by atoms with E-state index in [0.717, 1.165) is 11.8 Å². The molecule has 1 amide bonds. The summed E-state index contributed by atoms with van der Waals surface area (Å²) in [6.45, 7) is 2.28. The molecular weight excluding hydrogens is 366 g/mol. The summed E-state index contributed by atoms with van der Waals surface area (Å²) in [6, 6.07) is 14.3. The third-order valence-electron chi connectivity index (χ3n) is 3.87. The monoisotopic (exact) mass is 389 g/mol. The Kier molecular flexibility index (Phi) is 7.55. The quantitative estimate of drug-likeness (QED) is 0.663. The molecule has 0 spiro atoms. The molecule has 1 N–H and O–H groups in total. The van der Waals surface area contributed by atoms with Gasteiger partial charge in [-0.25, -0.2) is 0 Å². The Morgan fingerprint density at radius 1 is 1.11 bits per heavy atom. The molecule has 2 rings (SSSR count). The summed E-state index contributed by atoms with van der Waals surface area (Å²) in [5.41, 5.74) is 0.482. The minimum Gasteiger partial charge on any atom is -0.493 e. The number of carboxylic acids is 1. The summed E-state index contributed by atoms with van der Waals surface area (Å²) in [7, 11) is 3.26. The molecule has 0 aliphatic heterocycles. The van der Waals surface area contributed by atoms with Gasteiger partial charge in [0.2, 0.25) is 0 Å². The highest BCUT2D eigenvalue weighted by Gasteiger charge is 2.20. The molecule has 0 saturated heterocycles. The Labute approximate surface area is 163 Å². The highest BCUT2D eigenvalue weighted by atomic mass is 32.2. The molecule has 0 heterocycles. The predicted molar refractivity (Wildman–Crippen MR) is 105 cm³/mol. The van der Waals surface area contributed by atoms with E-state index < -0.39 is 11.2 Å². The van der Waals surface area contributed by atoms with Gasteiger partial charge in [0.1, 0.15) is 11.9 Å². The van der Waals surface area contributed by atoms with E-state index in [1.165, 1.54) is 0 Å². The number of thioether (sulfide) groups is 1. The Morgan fingerprint density at radius 3 is 2.41 bits per heavy atom. The Morgan fingerprint density at radius 2 is 1.74 bits per heavy atom. The number of aliphatic carboxylic acids is 1. The van der Waals surface area contributed by atoms with E-state index >= 15 is 0 Å². The van der Waals surface area contributed by atoms with E-state index in [1.807, 2.05) is 12.1 Å². The van der Waals surface area contributed by atoms with Crippen LogP contribution in [0.25, 0.3) is 0 Å². The van der Waals surface area contributed by atoms with Gasteiger partial charge in [-0.3, -0.25) is 9.59 Å². The number of para-hydroxylation sites is 2. The van der Waals surface area contributed by atoms with Crippen molar-refractivity contribution < 1.29 is 24.2 Å². The summed E-state index contributed by atoms with van der Waals surface area (Å²) >= 11 is 1.15. The number of methoxy groups -OCH3 is 1. The van der Waals surface area contributed by atoms with Gasteiger partial charge in [0, 0.05) is 11.9 Å². The number of nitrogens with zero attached hydrogens (tertiary/aromatic N) is 1. The largest absolute Gasteiger partial charge is 0.493 e. The molecule has 0 radical (unpaired) electrons. The second-order valence-corrected chi connectivity index (χ2v) is 7.20. The van der Waals surface area contributed by atoms with E-state index in [1.54, 1.807) is 62.4 Å². The van der Waals surface area contributed by atoms with Crippen LogP contribution >= 0.6 is 11.8 Å². The molecule has 0 aliphatic carbocycles. The molecule has 0 aliphatic rings. The van der Waals surface area contributed by atoms with Crippen molar-refractivity contribution in [1.29, 1.82) is 0 Å². The zero-order valence-corrected chi connectivity index (χ0v) is 16.4. The number of ether oxygens (including phenoxy) is 2. The van der Waals surface area contributed by atoms with E-state index in [2.05, 4.69) is 0 Å². The van der Waals surface area contributed by atoms with Crippen molar-refractivity contribution in [3.8, 4) is 11.5 Å². The number of carbonyl (C=O) groups excluding carboxylic acids is 1. The van der Waals surface area contributed by atoms with Crippen LogP contribution < -0.4 is 9.47 Å². The zero-order chi connectivity index (χ0) is 19.8. The molecule has 2 aromatic rings. The number of amides is 1. The molecule has 6 nitrogen and oxygen atoms in total. The van der Waals surface area contributed by atoms with Crippen LogP contribution in [-0.2, 0) is 4.79 Å². The minimum atomic E-state index is -0.916. The van der Waals surface area contributed by atoms with Gasteiger partial charge >= 0.3 is 5.97 Å². The van der Waals surface area contributed by atoms with E-state index in [-0.39, 0.29) is 5.91 Å². The van der Waals surface area contributed by atoms with Crippen molar-refractivity contribution >= 4 is 23.6 Å². The van der Waals surface area contributed by atoms with Crippen LogP contribution in [-0.4, -0.2) is 54.4 Å². The summed E-state index contributed by atoms with van der Waals surface area (Å²) in [5.74, 6) is 0.156. The topological polar surface area (TPSA) is 76.1 Å². The molecule has 0 saturated carbocycles. The SMILES string of the molecule is COc1ccccc1OCCN(C)C(=O)c1ccccc1SC(C)C(=O)O. The lowest BCUT2D eigenvalue weighted by Crippen LogP contribution is -2.31. The fraction of sp³-hybridized carbons (Fsp3) is 0.300. The molecule has 2 aromatic carbocycles. The van der Waals surface area contributed by atoms with Crippen LogP contribution in [0.5, 0.6) is 11.5 Å². The maximum atomic E-state index is 12.8. The second kappa shape index (κ2) is 9.87. The highest BCUT2D eigenvalue weighted by Crippen LogP contribution is 2.28. The average molecular weight is 389 g/mol. The first-order valence-corrected chi connectivity index (χ1v) is 9.31. The second-order valence-electron chi connectivity index (χ2n) is 5.82. The number of carboxylic acid groups (broad SMARTS) is 1. The van der Waals surface area contributed by atoms with Crippen molar-refractivity contribution in [2.75, 3.05) is 27.3 Å². The third kappa shape index (κ3) is 5.65. The maximum absolute atomic E-state index is 12.8. The van der Waals surface area contributed by atoms with Gasteiger partial charge < -0.3 is 19.5 Å². The van der Waals surface area contributed by atoms with Crippen molar-refractivity contribution in [2.24, 2.45) is 0 Å². The average Bonchev–Trinajstić information content (AvgIpc) is 2.68. The number of likely N-dealkylation sites (N-methyl/N-ethyl adjacent to an activating group) is 1. The Hall–Kier alpha value is -2.67. The minimum absolute atomic E-state index is 0.181. The number of rotatable bonds is 9. The van der Waals surface area contributed by atoms with Gasteiger partial charge in [-0.05, 0) is 31.2 Å². The molecule has 1 atom stereocenters. The molecular formula is C20H23NO5S. The normalized spacial score (nSPS) is 11.5. The van der Waals surface area contributed by atoms with Crippen molar-refractivity contribution in [3.63, 3.8) is 0 Å². The Bertz CT molecular complexity index is 795. The lowest BCUT2D eigenvalue weighted by atomic mass is 10.2. The van der Waals surface area contributed by atoms with Crippen LogP contribution in [0.3, 0.4) is 0 Å². The first-order valence-electron chi connectivity index (χ1n) is 8.43. The lowest BCUT2D eigenvalue weighted by molar-refractivity contribution is -0.136. The van der Waals surface area contributed by atoms with Crippen LogP contribution in [0, 0.1) is 0 Å². The van der Waals surface area contributed by atoms with Gasteiger partial charge in [0.15, 0.2) is 11.5 Å². The van der Waals surface area contributed by atoms with E-state index in [9.17, 15) is 9.59 Å². The summed E-state index contributed by atoms with van der Waals surface area (Å²) in [5, 5.41) is 8.47. The van der Waals surface area contributed by atoms with Crippen LogP contribution in [0.1, 0.15) is 17.3 Å². The van der Waals surface area contributed by atoms with Crippen LogP contribution in [0.15, 0.2) is 53.4 Å². The van der Waals surface area contributed by atoms with Gasteiger partial charge in [0.05, 0.1) is 19.2 Å². The van der Waals surface area contributed by atoms with Gasteiger partial charge in [0.25, 0.3) is 5.91 Å². The van der Waals surface area contributed by atoms with Gasteiger partial charge in [-0.15, -0.1) is 11.8 Å². The number of carbonyl (C=O) groups is 2. The lowest BCUT2D eigenvalue weighted by Gasteiger charge is -2.20. The van der Waals surface area contributed by atoms with E-state index in [0.29, 0.717) is 35.1 Å². The number of hydrogen-bond donors (Lipinski definition) is 1. The number of benzene rings is 2. The van der Waals surface area contributed by atoms with E-state index in [4.69, 9.17) is 14.6 Å². The maximum Gasteiger partial charge on any atom is 0.316 e. The molecule has 1 unspecified atom stereocenters. The fourth-order valence-corrected chi connectivity index (χ4v) is 3.25. The van der Waals surface area contributed by atoms with Crippen molar-refractivity contribution in [2.45, 2.75) is 17.1 Å². The zero-order valence-electron chi connectivity index (χ0n) is 15.5. The third-order valence-corrected chi connectivity index (χ3v) is 5.03.